The number of hydrogen-bond acceptors (Lipinski definition) is 16. The van der Waals surface area contributed by atoms with Crippen LogP contribution in [0.3, 0.4) is 0 Å². The van der Waals surface area contributed by atoms with Crippen LogP contribution in [0.25, 0.3) is 36.8 Å². The van der Waals surface area contributed by atoms with Gasteiger partial charge in [0.25, 0.3) is 50.6 Å². The molecule has 1 aliphatic carbocycles. The molecule has 0 amide bonds. The Morgan fingerprint density at radius 2 is 1.13 bits per heavy atom. The molecule has 5 aromatic rings. The van der Waals surface area contributed by atoms with Gasteiger partial charge in [0.05, 0.1) is 37.1 Å². The van der Waals surface area contributed by atoms with E-state index in [4.69, 9.17) is 0 Å². The van der Waals surface area contributed by atoms with Crippen molar-refractivity contribution in [3.05, 3.63) is 166 Å². The van der Waals surface area contributed by atoms with Crippen LogP contribution in [-0.4, -0.2) is 94.7 Å². The first-order chi connectivity index (χ1) is 35.3. The highest BCUT2D eigenvalue weighted by Crippen LogP contribution is 2.47. The molecular weight excluding hydrogens is 1170 g/mol. The molecule has 0 saturated carbocycles. The van der Waals surface area contributed by atoms with Gasteiger partial charge >= 0.3 is 5.97 Å². The molecular formula is C47H38O20S9. The third-order valence-corrected chi connectivity index (χ3v) is 19.8. The number of carboxylic acid groups (broad SMARTS) is 1. The molecule has 1 aliphatic heterocycles. The lowest BCUT2D eigenvalue weighted by Crippen LogP contribution is -2.07. The summed E-state index contributed by atoms with van der Waals surface area (Å²) in [4.78, 5) is 8.36. The number of allylic oxidation sites excluding steroid dienone is 8. The highest BCUT2D eigenvalue weighted by atomic mass is 32.2. The highest BCUT2D eigenvalue weighted by Gasteiger charge is 2.29. The summed E-state index contributed by atoms with van der Waals surface area (Å²) < 4.78 is 209. The zero-order chi connectivity index (χ0) is 55.8. The summed E-state index contributed by atoms with van der Waals surface area (Å²) >= 11 is 2.93. The van der Waals surface area contributed by atoms with Gasteiger partial charge in [-0.2, -0.15) is 42.1 Å². The maximum Gasteiger partial charge on any atom is 0.304 e. The first-order valence-corrected chi connectivity index (χ1v) is 32.6. The van der Waals surface area contributed by atoms with Crippen molar-refractivity contribution in [1.82, 2.24) is 0 Å². The summed E-state index contributed by atoms with van der Waals surface area (Å²) in [6.45, 7) is 0. The van der Waals surface area contributed by atoms with Crippen molar-refractivity contribution in [2.24, 2.45) is 0 Å². The quantitative estimate of drug-likeness (QED) is 0.0374. The molecule has 0 spiro atoms. The number of hydrogen-bond donors (Lipinski definition) is 6. The van der Waals surface area contributed by atoms with E-state index in [9.17, 15) is 87.7 Å². The molecule has 2 heterocycles. The highest BCUT2D eigenvalue weighted by molar-refractivity contribution is 8.16. The van der Waals surface area contributed by atoms with Crippen LogP contribution in [0.1, 0.15) is 42.4 Å². The van der Waals surface area contributed by atoms with Crippen molar-refractivity contribution in [2.75, 3.05) is 5.75 Å². The SMILES string of the molecule is O=C(O)CCSC1=C(/C=C/c2cc(-c3ccc(S(=O)(=O)O)cc3S(=O)(=O)[O-])[s+]c(-c3ccccc3S(=O)(=O)O)c2)CCC/C1=C\C=C1\C=C(c2ccc(S(=O)(=O)O)cc2)SC(c2ccc(S(=O)(=O)O)cc2S(=O)(=O)O)=C1. The van der Waals surface area contributed by atoms with Crippen molar-refractivity contribution in [2.45, 2.75) is 55.1 Å². The average Bonchev–Trinajstić information content (AvgIpc) is 3.33. The van der Waals surface area contributed by atoms with Gasteiger partial charge in [0.1, 0.15) is 19.9 Å². The van der Waals surface area contributed by atoms with Crippen molar-refractivity contribution in [1.29, 1.82) is 0 Å². The van der Waals surface area contributed by atoms with Crippen LogP contribution in [0.5, 0.6) is 0 Å². The topological polar surface area (TPSA) is 366 Å². The summed E-state index contributed by atoms with van der Waals surface area (Å²) in [5, 5.41) is 9.58. The number of rotatable bonds is 17. The molecule has 0 fully saturated rings. The predicted octanol–water partition coefficient (Wildman–Crippen LogP) is 8.84. The molecule has 4 aromatic carbocycles. The zero-order valence-electron chi connectivity index (χ0n) is 38.3. The van der Waals surface area contributed by atoms with Crippen molar-refractivity contribution < 1.29 is 87.7 Å². The molecule has 0 bridgehead atoms. The van der Waals surface area contributed by atoms with E-state index < -0.39 is 96.1 Å². The van der Waals surface area contributed by atoms with Gasteiger partial charge in [0.15, 0.2) is 0 Å². The Kier molecular flexibility index (Phi) is 17.2. The molecule has 1 aromatic heterocycles. The fourth-order valence-corrected chi connectivity index (χ4v) is 15.2. The largest absolute Gasteiger partial charge is 0.744 e. The summed E-state index contributed by atoms with van der Waals surface area (Å²) in [7, 11) is -30.0. The Bertz CT molecular complexity index is 4140. The molecule has 0 atom stereocenters. The molecule has 400 valence electrons. The van der Waals surface area contributed by atoms with Crippen LogP contribution >= 0.6 is 34.9 Å². The molecule has 6 N–H and O–H groups in total. The van der Waals surface area contributed by atoms with Gasteiger partial charge in [0.2, 0.25) is 21.1 Å². The number of carboxylic acids is 1. The number of aliphatic carboxylic acids is 1. The van der Waals surface area contributed by atoms with Crippen LogP contribution in [-0.2, 0) is 65.5 Å². The molecule has 76 heavy (non-hydrogen) atoms. The molecule has 0 saturated heterocycles. The Balaban J connectivity index is 1.41. The van der Waals surface area contributed by atoms with Gasteiger partial charge in [0, 0.05) is 38.2 Å². The van der Waals surface area contributed by atoms with E-state index in [0.29, 0.717) is 63.5 Å². The normalized spacial score (nSPS) is 16.3. The third kappa shape index (κ3) is 14.4. The van der Waals surface area contributed by atoms with E-state index in [1.54, 1.807) is 30.4 Å². The molecule has 2 aliphatic rings. The smallest absolute Gasteiger partial charge is 0.304 e. The third-order valence-electron chi connectivity index (χ3n) is 11.1. The van der Waals surface area contributed by atoms with Crippen molar-refractivity contribution in [3.63, 3.8) is 0 Å². The molecule has 0 radical (unpaired) electrons. The zero-order valence-corrected chi connectivity index (χ0v) is 45.7. The minimum atomic E-state index is -5.45. The van der Waals surface area contributed by atoms with Crippen LogP contribution in [0, 0.1) is 0 Å². The average molecular weight is 1210 g/mol. The first-order valence-electron chi connectivity index (χ1n) is 21.4. The fraction of sp³-hybridized carbons (Fsp3) is 0.106. The summed E-state index contributed by atoms with van der Waals surface area (Å²) in [6, 6.07) is 18.1. The maximum atomic E-state index is 12.7. The van der Waals surface area contributed by atoms with E-state index in [1.165, 1.54) is 60.3 Å². The Hall–Kier alpha value is -5.48. The van der Waals surface area contributed by atoms with Crippen LogP contribution < -0.4 is 0 Å². The lowest BCUT2D eigenvalue weighted by atomic mass is 9.93. The van der Waals surface area contributed by atoms with Gasteiger partial charge < -0.3 is 9.66 Å². The van der Waals surface area contributed by atoms with Crippen LogP contribution in [0.4, 0.5) is 0 Å². The molecule has 29 heteroatoms. The minimum absolute atomic E-state index is 0.00237. The second kappa shape index (κ2) is 22.5. The minimum Gasteiger partial charge on any atom is -0.744 e. The van der Waals surface area contributed by atoms with Gasteiger partial charge in [-0.25, -0.2) is 8.42 Å². The Morgan fingerprint density at radius 1 is 0.592 bits per heavy atom. The van der Waals surface area contributed by atoms with Gasteiger partial charge in [-0.05, 0) is 114 Å². The van der Waals surface area contributed by atoms with Gasteiger partial charge in [-0.3, -0.25) is 27.6 Å². The predicted molar refractivity (Wildman–Crippen MR) is 284 cm³/mol. The van der Waals surface area contributed by atoms with Gasteiger partial charge in [-0.15, -0.1) is 11.8 Å². The standard InChI is InChI=1S/C47H38O20S9/c48-46(49)20-21-68-47-31(10-8-28-22-39(30-12-14-33(15-13-30)71(50,51)52)69-41(23-28)37-18-16-34(72(53,54)55)26-44(37)75(62,63)64)4-3-5-32(47)11-9-29-24-40(36-6-1-2-7-43(36)74(59,60)61)70-42(25-29)38-19-17-35(73(56,57)58)27-45(38)76(65,66)67/h1-2,6-19,22-27H,3-5,20-21H2,(H6-,48,49,50,51,52,53,54,55,56,57,58,59,60,61,62,63,64,65,66,67). The first kappa shape index (κ1) is 58.2. The number of thioether (sulfide) groups is 2. The summed E-state index contributed by atoms with van der Waals surface area (Å²) in [6.07, 6.45) is 10.8. The van der Waals surface area contributed by atoms with Crippen molar-refractivity contribution in [3.8, 4) is 20.9 Å². The molecule has 0 unspecified atom stereocenters. The fourth-order valence-electron chi connectivity index (χ4n) is 7.66. The van der Waals surface area contributed by atoms with E-state index in [0.717, 1.165) is 65.6 Å². The lowest BCUT2D eigenvalue weighted by Gasteiger charge is -2.22. The van der Waals surface area contributed by atoms with Crippen molar-refractivity contribution >= 4 is 117 Å². The molecule has 7 rings (SSSR count). The Morgan fingerprint density at radius 3 is 1.70 bits per heavy atom. The van der Waals surface area contributed by atoms with Crippen LogP contribution in [0.15, 0.2) is 178 Å². The van der Waals surface area contributed by atoms with E-state index in [-0.39, 0.29) is 49.1 Å². The number of benzene rings is 4. The van der Waals surface area contributed by atoms with Gasteiger partial charge in [-0.1, -0.05) is 66.4 Å². The lowest BCUT2D eigenvalue weighted by molar-refractivity contribution is -0.136. The number of carbonyl (C=O) groups is 1. The molecule has 20 nitrogen and oxygen atoms in total. The van der Waals surface area contributed by atoms with E-state index in [2.05, 4.69) is 0 Å². The van der Waals surface area contributed by atoms with E-state index in [1.807, 2.05) is 0 Å². The summed E-state index contributed by atoms with van der Waals surface area (Å²) in [5.74, 6) is -1.01. The van der Waals surface area contributed by atoms with E-state index >= 15 is 0 Å². The Labute approximate surface area is 449 Å². The maximum absolute atomic E-state index is 12.7. The monoisotopic (exact) mass is 1210 g/mol. The summed E-state index contributed by atoms with van der Waals surface area (Å²) in [5.41, 5.74) is 1.78. The second-order valence-corrected chi connectivity index (χ2v) is 28.0. The second-order valence-electron chi connectivity index (χ2n) is 16.3. The van der Waals surface area contributed by atoms with Crippen LogP contribution in [0.2, 0.25) is 0 Å².